The predicted molar refractivity (Wildman–Crippen MR) is 127 cm³/mol. The fourth-order valence-electron chi connectivity index (χ4n) is 4.40. The lowest BCUT2D eigenvalue weighted by molar-refractivity contribution is -0.143. The van der Waals surface area contributed by atoms with Gasteiger partial charge in [-0.3, -0.25) is 4.79 Å². The van der Waals surface area contributed by atoms with Gasteiger partial charge in [-0.05, 0) is 41.2 Å². The molecule has 9 heteroatoms. The molecule has 3 nitrogen and oxygen atoms in total. The summed E-state index contributed by atoms with van der Waals surface area (Å²) in [7, 11) is 1.51. The molecule has 0 unspecified atom stereocenters. The molecule has 1 heterocycles. The standard InChI is InChI=1S/C27H28F6N2O/c1-17-21(19-11-13-20(14-12-19)26(28,29)30)22(24(36)34(5)16-25(2,3)4)35(23(17)27(31,32)33)15-18-9-7-6-8-10-18/h6-14H,15-16H2,1-5H3. The number of hydrogen-bond donors (Lipinski definition) is 0. The first kappa shape index (κ1) is 27.4. The summed E-state index contributed by atoms with van der Waals surface area (Å²) in [5.74, 6) is -0.644. The Labute approximate surface area is 206 Å². The third-order valence-electron chi connectivity index (χ3n) is 5.72. The summed E-state index contributed by atoms with van der Waals surface area (Å²) in [6.07, 6.45) is -9.41. The van der Waals surface area contributed by atoms with Crippen molar-refractivity contribution in [2.45, 2.75) is 46.6 Å². The van der Waals surface area contributed by atoms with Crippen LogP contribution in [0.25, 0.3) is 11.1 Å². The van der Waals surface area contributed by atoms with Gasteiger partial charge in [-0.1, -0.05) is 63.2 Å². The number of carbonyl (C=O) groups excluding carboxylic acids is 1. The van der Waals surface area contributed by atoms with Gasteiger partial charge in [0, 0.05) is 25.7 Å². The molecular formula is C27H28F6N2O. The van der Waals surface area contributed by atoms with E-state index < -0.39 is 29.5 Å². The Morgan fingerprint density at radius 1 is 0.861 bits per heavy atom. The van der Waals surface area contributed by atoms with Gasteiger partial charge in [0.05, 0.1) is 5.56 Å². The van der Waals surface area contributed by atoms with E-state index in [0.29, 0.717) is 5.56 Å². The number of alkyl halides is 6. The lowest BCUT2D eigenvalue weighted by Crippen LogP contribution is -2.36. The number of halogens is 6. The quantitative estimate of drug-likeness (QED) is 0.324. The first-order valence-electron chi connectivity index (χ1n) is 11.3. The molecule has 3 rings (SSSR count). The third kappa shape index (κ3) is 5.94. The summed E-state index contributed by atoms with van der Waals surface area (Å²) in [6.45, 7) is 6.95. The number of benzene rings is 2. The molecule has 1 amide bonds. The van der Waals surface area contributed by atoms with Gasteiger partial charge in [-0.15, -0.1) is 0 Å². The first-order valence-corrected chi connectivity index (χ1v) is 11.3. The Balaban J connectivity index is 2.32. The average molecular weight is 511 g/mol. The second kappa shape index (κ2) is 9.67. The molecule has 1 aromatic heterocycles. The number of carbonyl (C=O) groups is 1. The Bertz CT molecular complexity index is 1220. The van der Waals surface area contributed by atoms with Crippen molar-refractivity contribution >= 4 is 5.91 Å². The number of nitrogens with zero attached hydrogens (tertiary/aromatic N) is 2. The van der Waals surface area contributed by atoms with E-state index >= 15 is 0 Å². The molecule has 0 bridgehead atoms. The van der Waals surface area contributed by atoms with Crippen LogP contribution in [0.2, 0.25) is 0 Å². The fraction of sp³-hybridized carbons (Fsp3) is 0.370. The average Bonchev–Trinajstić information content (AvgIpc) is 3.04. The molecule has 0 saturated carbocycles. The summed E-state index contributed by atoms with van der Waals surface area (Å²) < 4.78 is 83.5. The van der Waals surface area contributed by atoms with Crippen LogP contribution in [0, 0.1) is 12.3 Å². The number of aromatic nitrogens is 1. The summed E-state index contributed by atoms with van der Waals surface area (Å²) >= 11 is 0. The molecule has 0 spiro atoms. The summed E-state index contributed by atoms with van der Waals surface area (Å²) in [5.41, 5.74) is -2.08. The second-order valence-corrected chi connectivity index (χ2v) is 10.1. The monoisotopic (exact) mass is 510 g/mol. The lowest BCUT2D eigenvalue weighted by atomic mass is 9.95. The van der Waals surface area contributed by atoms with Crippen molar-refractivity contribution in [3.05, 3.63) is 82.7 Å². The molecule has 0 N–H and O–H groups in total. The maximum atomic E-state index is 14.4. The van der Waals surface area contributed by atoms with Crippen molar-refractivity contribution in [2.24, 2.45) is 5.41 Å². The van der Waals surface area contributed by atoms with E-state index in [-0.39, 0.29) is 40.9 Å². The zero-order chi connectivity index (χ0) is 27.1. The van der Waals surface area contributed by atoms with E-state index in [1.54, 1.807) is 30.3 Å². The molecule has 0 aliphatic carbocycles. The van der Waals surface area contributed by atoms with Gasteiger partial charge in [0.2, 0.25) is 0 Å². The predicted octanol–water partition coefficient (Wildman–Crippen LogP) is 7.67. The van der Waals surface area contributed by atoms with Crippen LogP contribution in [0.15, 0.2) is 54.6 Å². The van der Waals surface area contributed by atoms with E-state index in [9.17, 15) is 31.1 Å². The van der Waals surface area contributed by atoms with Crippen LogP contribution in [0.1, 0.15) is 53.6 Å². The highest BCUT2D eigenvalue weighted by atomic mass is 19.4. The zero-order valence-electron chi connectivity index (χ0n) is 20.7. The van der Waals surface area contributed by atoms with Crippen molar-refractivity contribution < 1.29 is 31.1 Å². The number of rotatable bonds is 5. The number of hydrogen-bond acceptors (Lipinski definition) is 1. The maximum Gasteiger partial charge on any atom is 0.431 e. The minimum absolute atomic E-state index is 0.0299. The van der Waals surface area contributed by atoms with Crippen LogP contribution in [0.5, 0.6) is 0 Å². The maximum absolute atomic E-state index is 14.4. The molecule has 36 heavy (non-hydrogen) atoms. The summed E-state index contributed by atoms with van der Waals surface area (Å²) in [4.78, 5) is 15.1. The molecule has 194 valence electrons. The van der Waals surface area contributed by atoms with Crippen molar-refractivity contribution in [3.63, 3.8) is 0 Å². The van der Waals surface area contributed by atoms with Gasteiger partial charge >= 0.3 is 12.4 Å². The molecule has 0 aliphatic rings. The van der Waals surface area contributed by atoms with Crippen LogP contribution in [-0.4, -0.2) is 29.0 Å². The molecule has 0 fully saturated rings. The van der Waals surface area contributed by atoms with Gasteiger partial charge in [-0.2, -0.15) is 26.3 Å². The van der Waals surface area contributed by atoms with E-state index in [4.69, 9.17) is 0 Å². The molecule has 0 saturated heterocycles. The molecule has 2 aromatic carbocycles. The van der Waals surface area contributed by atoms with Crippen LogP contribution >= 0.6 is 0 Å². The second-order valence-electron chi connectivity index (χ2n) is 10.1. The third-order valence-corrected chi connectivity index (χ3v) is 5.72. The minimum Gasteiger partial charge on any atom is -0.340 e. The lowest BCUT2D eigenvalue weighted by Gasteiger charge is -2.28. The van der Waals surface area contributed by atoms with E-state index in [1.165, 1.54) is 18.9 Å². The van der Waals surface area contributed by atoms with Gasteiger partial charge in [0.15, 0.2) is 0 Å². The Hall–Kier alpha value is -3.23. The minimum atomic E-state index is -4.80. The van der Waals surface area contributed by atoms with Crippen molar-refractivity contribution in [1.29, 1.82) is 0 Å². The van der Waals surface area contributed by atoms with Gasteiger partial charge < -0.3 is 9.47 Å². The Morgan fingerprint density at radius 2 is 1.42 bits per heavy atom. The van der Waals surface area contributed by atoms with Crippen LogP contribution in [0.4, 0.5) is 26.3 Å². The van der Waals surface area contributed by atoms with Crippen molar-refractivity contribution in [2.75, 3.05) is 13.6 Å². The van der Waals surface area contributed by atoms with Gasteiger partial charge in [0.25, 0.3) is 5.91 Å². The summed E-state index contributed by atoms with van der Waals surface area (Å²) in [5, 5.41) is 0. The Morgan fingerprint density at radius 3 is 1.89 bits per heavy atom. The van der Waals surface area contributed by atoms with Crippen molar-refractivity contribution in [3.8, 4) is 11.1 Å². The molecule has 0 radical (unpaired) electrons. The highest BCUT2D eigenvalue weighted by Gasteiger charge is 2.42. The van der Waals surface area contributed by atoms with E-state index in [2.05, 4.69) is 0 Å². The van der Waals surface area contributed by atoms with Gasteiger partial charge in [-0.25, -0.2) is 0 Å². The van der Waals surface area contributed by atoms with Crippen LogP contribution < -0.4 is 0 Å². The smallest absolute Gasteiger partial charge is 0.340 e. The topological polar surface area (TPSA) is 25.2 Å². The van der Waals surface area contributed by atoms with E-state index in [1.807, 2.05) is 20.8 Å². The fourth-order valence-corrected chi connectivity index (χ4v) is 4.40. The number of amides is 1. The van der Waals surface area contributed by atoms with Crippen LogP contribution in [-0.2, 0) is 18.9 Å². The normalized spacial score (nSPS) is 12.6. The Kier molecular flexibility index (Phi) is 7.35. The SMILES string of the molecule is Cc1c(-c2ccc(C(F)(F)F)cc2)c(C(=O)N(C)CC(C)(C)C)n(Cc2ccccc2)c1C(F)(F)F. The zero-order valence-corrected chi connectivity index (χ0v) is 20.7. The van der Waals surface area contributed by atoms with E-state index in [0.717, 1.165) is 28.8 Å². The van der Waals surface area contributed by atoms with Gasteiger partial charge in [0.1, 0.15) is 11.4 Å². The summed E-state index contributed by atoms with van der Waals surface area (Å²) in [6, 6.07) is 12.2. The van der Waals surface area contributed by atoms with Crippen molar-refractivity contribution in [1.82, 2.24) is 9.47 Å². The molecule has 0 atom stereocenters. The largest absolute Gasteiger partial charge is 0.431 e. The first-order chi connectivity index (χ1) is 16.5. The van der Waals surface area contributed by atoms with Crippen LogP contribution in [0.3, 0.4) is 0 Å². The molecular weight excluding hydrogens is 482 g/mol. The molecule has 0 aliphatic heterocycles. The highest BCUT2D eigenvalue weighted by Crippen LogP contribution is 2.42. The molecule has 3 aromatic rings. The highest BCUT2D eigenvalue weighted by molar-refractivity contribution is 6.01.